The lowest BCUT2D eigenvalue weighted by Crippen LogP contribution is -2.44. The highest BCUT2D eigenvalue weighted by Crippen LogP contribution is 2.17. The number of nitrogens with zero attached hydrogens (tertiary/aromatic N) is 3. The molecule has 120 valence electrons. The van der Waals surface area contributed by atoms with Crippen LogP contribution in [0.15, 0.2) is 36.5 Å². The molecule has 0 spiro atoms. The maximum Gasteiger partial charge on any atom is 0.339 e. The number of aromatic nitrogens is 1. The molecule has 1 fully saturated rings. The van der Waals surface area contributed by atoms with Gasteiger partial charge in [0.1, 0.15) is 0 Å². The first-order valence-electron chi connectivity index (χ1n) is 7.87. The molecule has 6 nitrogen and oxygen atoms in total. The van der Waals surface area contributed by atoms with Crippen LogP contribution in [0.4, 0.5) is 4.79 Å². The Hall–Kier alpha value is -2.63. The van der Waals surface area contributed by atoms with E-state index in [2.05, 4.69) is 10.4 Å². The Morgan fingerprint density at radius 2 is 2.17 bits per heavy atom. The largest absolute Gasteiger partial charge is 0.339 e. The second-order valence-electron chi connectivity index (χ2n) is 5.67. The molecule has 1 N–H and O–H groups in total. The predicted molar refractivity (Wildman–Crippen MR) is 87.3 cm³/mol. The van der Waals surface area contributed by atoms with Gasteiger partial charge in [0.2, 0.25) is 5.91 Å². The fraction of sp³-hybridized carbons (Fsp3) is 0.353. The van der Waals surface area contributed by atoms with Crippen LogP contribution in [0.3, 0.4) is 0 Å². The molecule has 0 aliphatic carbocycles. The van der Waals surface area contributed by atoms with Gasteiger partial charge in [-0.2, -0.15) is 0 Å². The molecule has 2 heterocycles. The van der Waals surface area contributed by atoms with E-state index < -0.39 is 0 Å². The number of benzene rings is 1. The number of urea groups is 1. The van der Waals surface area contributed by atoms with Gasteiger partial charge in [-0.25, -0.2) is 9.80 Å². The Labute approximate surface area is 135 Å². The maximum absolute atomic E-state index is 12.3. The normalized spacial score (nSPS) is 14.6. The molecule has 3 rings (SSSR count). The minimum Gasteiger partial charge on any atom is -0.317 e. The zero-order valence-electron chi connectivity index (χ0n) is 13.2. The van der Waals surface area contributed by atoms with Crippen LogP contribution >= 0.6 is 0 Å². The highest BCUT2D eigenvalue weighted by molar-refractivity contribution is 5.83. The quantitative estimate of drug-likeness (QED) is 0.921. The van der Waals surface area contributed by atoms with E-state index in [4.69, 9.17) is 0 Å². The van der Waals surface area contributed by atoms with Gasteiger partial charge >= 0.3 is 6.03 Å². The number of hydrogen-bond acceptors (Lipinski definition) is 3. The Bertz CT molecular complexity index is 731. The third kappa shape index (κ3) is 3.41. The molecule has 1 aromatic carbocycles. The van der Waals surface area contributed by atoms with Gasteiger partial charge in [0.25, 0.3) is 0 Å². The summed E-state index contributed by atoms with van der Waals surface area (Å²) in [5, 5.41) is 2.46. The van der Waals surface area contributed by atoms with E-state index in [0.717, 1.165) is 22.9 Å². The lowest BCUT2D eigenvalue weighted by molar-refractivity contribution is -0.124. The van der Waals surface area contributed by atoms with Crippen LogP contribution in [0, 0.1) is 0 Å². The minimum absolute atomic E-state index is 0.112. The first-order chi connectivity index (χ1) is 11.2. The van der Waals surface area contributed by atoms with E-state index in [1.54, 1.807) is 11.1 Å². The third-order valence-corrected chi connectivity index (χ3v) is 3.87. The molecule has 1 aromatic heterocycles. The van der Waals surface area contributed by atoms with Crippen molar-refractivity contribution in [2.75, 3.05) is 13.1 Å². The van der Waals surface area contributed by atoms with Gasteiger partial charge in [-0.3, -0.25) is 15.2 Å². The Morgan fingerprint density at radius 3 is 3.00 bits per heavy atom. The number of carbonyl (C=O) groups excluding carboxylic acids is 2. The number of rotatable bonds is 5. The summed E-state index contributed by atoms with van der Waals surface area (Å²) >= 11 is 0. The monoisotopic (exact) mass is 312 g/mol. The third-order valence-electron chi connectivity index (χ3n) is 3.87. The topological polar surface area (TPSA) is 65.5 Å². The summed E-state index contributed by atoms with van der Waals surface area (Å²) in [7, 11) is 0. The van der Waals surface area contributed by atoms with E-state index in [0.29, 0.717) is 26.1 Å². The van der Waals surface area contributed by atoms with Crippen molar-refractivity contribution in [3.8, 4) is 0 Å². The van der Waals surface area contributed by atoms with Gasteiger partial charge in [-0.15, -0.1) is 0 Å². The molecular formula is C17H20N4O2. The van der Waals surface area contributed by atoms with E-state index in [-0.39, 0.29) is 11.9 Å². The molecule has 0 atom stereocenters. The van der Waals surface area contributed by atoms with E-state index in [9.17, 15) is 9.59 Å². The Morgan fingerprint density at radius 1 is 1.30 bits per heavy atom. The highest BCUT2D eigenvalue weighted by Gasteiger charge is 2.29. The van der Waals surface area contributed by atoms with Crippen LogP contribution in [0.25, 0.3) is 10.9 Å². The lowest BCUT2D eigenvalue weighted by Gasteiger charge is -2.19. The van der Waals surface area contributed by atoms with Crippen molar-refractivity contribution < 1.29 is 9.59 Å². The molecule has 0 unspecified atom stereocenters. The number of nitrogens with one attached hydrogen (secondary N) is 1. The summed E-state index contributed by atoms with van der Waals surface area (Å²) in [5.41, 5.74) is 4.67. The van der Waals surface area contributed by atoms with Crippen molar-refractivity contribution in [2.24, 2.45) is 0 Å². The standard InChI is InChI=1S/C17H20N4O2/c1-2-4-16(22)19-21-10-9-20(17(21)23)12-13-6-7-15-14(11-13)5-3-8-18-15/h3,5-8,11H,2,4,9-10,12H2,1H3,(H,19,22). The van der Waals surface area contributed by atoms with Crippen LogP contribution in [0.2, 0.25) is 0 Å². The molecule has 0 bridgehead atoms. The fourth-order valence-corrected chi connectivity index (χ4v) is 2.71. The minimum atomic E-state index is -0.152. The van der Waals surface area contributed by atoms with Gasteiger partial charge in [-0.05, 0) is 30.2 Å². The lowest BCUT2D eigenvalue weighted by atomic mass is 10.1. The zero-order valence-corrected chi connectivity index (χ0v) is 13.2. The van der Waals surface area contributed by atoms with Crippen molar-refractivity contribution in [3.05, 3.63) is 42.1 Å². The average Bonchev–Trinajstić information content (AvgIpc) is 2.88. The number of hydrogen-bond donors (Lipinski definition) is 1. The van der Waals surface area contributed by atoms with Crippen LogP contribution in [-0.2, 0) is 11.3 Å². The number of pyridine rings is 1. The molecule has 1 aliphatic rings. The highest BCUT2D eigenvalue weighted by atomic mass is 16.2. The number of fused-ring (bicyclic) bond motifs is 1. The van der Waals surface area contributed by atoms with Gasteiger partial charge in [-0.1, -0.05) is 19.1 Å². The van der Waals surface area contributed by atoms with Crippen molar-refractivity contribution >= 4 is 22.8 Å². The van der Waals surface area contributed by atoms with Crippen LogP contribution in [0.1, 0.15) is 25.3 Å². The molecule has 6 heteroatoms. The second kappa shape index (κ2) is 6.64. The summed E-state index contributed by atoms with van der Waals surface area (Å²) in [5.74, 6) is -0.112. The average molecular weight is 312 g/mol. The smallest absolute Gasteiger partial charge is 0.317 e. The molecule has 1 saturated heterocycles. The molecule has 1 aliphatic heterocycles. The predicted octanol–water partition coefficient (Wildman–Crippen LogP) is 2.30. The van der Waals surface area contributed by atoms with Gasteiger partial charge in [0.15, 0.2) is 0 Å². The first-order valence-corrected chi connectivity index (χ1v) is 7.87. The molecule has 23 heavy (non-hydrogen) atoms. The first kappa shape index (κ1) is 15.3. The summed E-state index contributed by atoms with van der Waals surface area (Å²) in [4.78, 5) is 30.0. The van der Waals surface area contributed by atoms with Crippen LogP contribution < -0.4 is 5.43 Å². The van der Waals surface area contributed by atoms with Gasteiger partial charge in [0, 0.05) is 31.1 Å². The van der Waals surface area contributed by atoms with Crippen LogP contribution in [0.5, 0.6) is 0 Å². The SMILES string of the molecule is CCCC(=O)NN1CCN(Cc2ccc3ncccc3c2)C1=O. The summed E-state index contributed by atoms with van der Waals surface area (Å²) in [6, 6.07) is 9.76. The van der Waals surface area contributed by atoms with Gasteiger partial charge in [0.05, 0.1) is 12.1 Å². The van der Waals surface area contributed by atoms with Gasteiger partial charge < -0.3 is 4.90 Å². The molecule has 2 aromatic rings. The molecular weight excluding hydrogens is 292 g/mol. The van der Waals surface area contributed by atoms with Crippen molar-refractivity contribution in [1.82, 2.24) is 20.3 Å². The summed E-state index contributed by atoms with van der Waals surface area (Å²) < 4.78 is 0. The molecule has 0 saturated carbocycles. The zero-order chi connectivity index (χ0) is 16.2. The summed E-state index contributed by atoms with van der Waals surface area (Å²) in [6.45, 7) is 3.59. The van der Waals surface area contributed by atoms with E-state index in [1.165, 1.54) is 5.01 Å². The van der Waals surface area contributed by atoms with E-state index in [1.807, 2.05) is 37.3 Å². The molecule has 0 radical (unpaired) electrons. The Kier molecular flexibility index (Phi) is 4.41. The van der Waals surface area contributed by atoms with Crippen molar-refractivity contribution in [2.45, 2.75) is 26.3 Å². The fourth-order valence-electron chi connectivity index (χ4n) is 2.71. The number of carbonyl (C=O) groups is 2. The molecule has 3 amide bonds. The maximum atomic E-state index is 12.3. The number of amides is 3. The van der Waals surface area contributed by atoms with Crippen LogP contribution in [-0.4, -0.2) is 39.9 Å². The van der Waals surface area contributed by atoms with Crippen molar-refractivity contribution in [3.63, 3.8) is 0 Å². The van der Waals surface area contributed by atoms with E-state index >= 15 is 0 Å². The number of hydrazine groups is 1. The van der Waals surface area contributed by atoms with Crippen molar-refractivity contribution in [1.29, 1.82) is 0 Å². The summed E-state index contributed by atoms with van der Waals surface area (Å²) in [6.07, 6.45) is 2.97. The Balaban J connectivity index is 1.65. The second-order valence-corrected chi connectivity index (χ2v) is 5.67.